The molecule has 22 heavy (non-hydrogen) atoms. The maximum atomic E-state index is 12.6. The van der Waals surface area contributed by atoms with E-state index < -0.39 is 10.0 Å². The quantitative estimate of drug-likeness (QED) is 0.874. The first-order chi connectivity index (χ1) is 10.3. The number of para-hydroxylation sites is 1. The van der Waals surface area contributed by atoms with Crippen molar-refractivity contribution in [3.63, 3.8) is 0 Å². The van der Waals surface area contributed by atoms with Gasteiger partial charge in [0.05, 0.1) is 10.6 Å². The Kier molecular flexibility index (Phi) is 4.91. The smallest absolute Gasteiger partial charge is 0.261 e. The highest BCUT2D eigenvalue weighted by molar-refractivity contribution is 7.92. The molecule has 0 aliphatic rings. The molecule has 0 radical (unpaired) electrons. The Labute approximate surface area is 133 Å². The van der Waals surface area contributed by atoms with E-state index in [1.807, 2.05) is 44.2 Å². The molecule has 0 fully saturated rings. The van der Waals surface area contributed by atoms with Crippen molar-refractivity contribution in [2.75, 3.05) is 4.72 Å². The minimum absolute atomic E-state index is 0.301. The zero-order chi connectivity index (χ0) is 16.3. The molecule has 0 spiro atoms. The fourth-order valence-corrected chi connectivity index (χ4v) is 3.50. The maximum Gasteiger partial charge on any atom is 0.261 e. The molecular weight excluding hydrogens is 294 g/mol. The highest BCUT2D eigenvalue weighted by atomic mass is 32.2. The molecule has 118 valence electrons. The lowest BCUT2D eigenvalue weighted by Crippen LogP contribution is -2.15. The summed E-state index contributed by atoms with van der Waals surface area (Å²) in [6.07, 6.45) is 0.961. The van der Waals surface area contributed by atoms with E-state index in [2.05, 4.69) is 18.6 Å². The summed E-state index contributed by atoms with van der Waals surface area (Å²) in [7, 11) is -3.57. The van der Waals surface area contributed by atoms with Crippen molar-refractivity contribution in [1.82, 2.24) is 0 Å². The fraction of sp³-hybridized carbons (Fsp3) is 0.333. The van der Waals surface area contributed by atoms with Gasteiger partial charge in [0.15, 0.2) is 0 Å². The zero-order valence-electron chi connectivity index (χ0n) is 13.6. The molecule has 2 rings (SSSR count). The van der Waals surface area contributed by atoms with Gasteiger partial charge in [0.2, 0.25) is 0 Å². The van der Waals surface area contributed by atoms with Crippen LogP contribution < -0.4 is 4.72 Å². The third-order valence-electron chi connectivity index (χ3n) is 4.14. The second-order valence-corrected chi connectivity index (χ2v) is 7.43. The molecular formula is C18H23NO2S. The molecule has 2 aromatic carbocycles. The highest BCUT2D eigenvalue weighted by Crippen LogP contribution is 2.28. The molecule has 1 atom stereocenters. The second kappa shape index (κ2) is 6.53. The first-order valence-corrected chi connectivity index (χ1v) is 9.02. The summed E-state index contributed by atoms with van der Waals surface area (Å²) < 4.78 is 28.0. The van der Waals surface area contributed by atoms with Crippen molar-refractivity contribution in [1.29, 1.82) is 0 Å². The van der Waals surface area contributed by atoms with Crippen molar-refractivity contribution < 1.29 is 8.42 Å². The van der Waals surface area contributed by atoms with Crippen molar-refractivity contribution in [2.24, 2.45) is 0 Å². The van der Waals surface area contributed by atoms with Gasteiger partial charge in [-0.05, 0) is 61.1 Å². The van der Waals surface area contributed by atoms with Crippen LogP contribution in [0.4, 0.5) is 5.69 Å². The fourth-order valence-electron chi connectivity index (χ4n) is 2.32. The van der Waals surface area contributed by atoms with Gasteiger partial charge in [0.25, 0.3) is 10.0 Å². The van der Waals surface area contributed by atoms with Gasteiger partial charge in [0, 0.05) is 0 Å². The predicted molar refractivity (Wildman–Crippen MR) is 91.9 cm³/mol. The zero-order valence-corrected chi connectivity index (χ0v) is 14.4. The molecule has 0 unspecified atom stereocenters. The van der Waals surface area contributed by atoms with E-state index in [1.165, 1.54) is 0 Å². The summed E-state index contributed by atoms with van der Waals surface area (Å²) in [5.41, 5.74) is 3.74. The summed E-state index contributed by atoms with van der Waals surface area (Å²) in [4.78, 5) is 0.301. The first kappa shape index (κ1) is 16.6. The monoisotopic (exact) mass is 317 g/mol. The van der Waals surface area contributed by atoms with Gasteiger partial charge in [-0.3, -0.25) is 4.72 Å². The Bertz CT molecular complexity index is 766. The molecule has 0 heterocycles. The molecule has 1 N–H and O–H groups in total. The molecule has 0 aliphatic heterocycles. The molecule has 2 aromatic rings. The first-order valence-electron chi connectivity index (χ1n) is 7.54. The standard InChI is InChI=1S/C18H23NO2S/c1-5-13(2)17-8-6-7-9-18(17)19-22(20,21)16-11-10-14(3)15(4)12-16/h6-13,19H,5H2,1-4H3/t13-/m1/s1. The summed E-state index contributed by atoms with van der Waals surface area (Å²) in [5.74, 6) is 0.304. The van der Waals surface area contributed by atoms with Crippen molar-refractivity contribution in [3.8, 4) is 0 Å². The Morgan fingerprint density at radius 1 is 1.05 bits per heavy atom. The third-order valence-corrected chi connectivity index (χ3v) is 5.50. The van der Waals surface area contributed by atoms with E-state index in [1.54, 1.807) is 12.1 Å². The minimum Gasteiger partial charge on any atom is -0.279 e. The number of aryl methyl sites for hydroxylation is 2. The topological polar surface area (TPSA) is 46.2 Å². The molecule has 4 heteroatoms. The van der Waals surface area contributed by atoms with Crippen LogP contribution in [-0.2, 0) is 10.0 Å². The summed E-state index contributed by atoms with van der Waals surface area (Å²) in [6.45, 7) is 8.08. The molecule has 0 aliphatic carbocycles. The number of hydrogen-bond acceptors (Lipinski definition) is 2. The number of hydrogen-bond donors (Lipinski definition) is 1. The van der Waals surface area contributed by atoms with Crippen LogP contribution in [0.3, 0.4) is 0 Å². The van der Waals surface area contributed by atoms with Gasteiger partial charge in [-0.1, -0.05) is 38.1 Å². The van der Waals surface area contributed by atoms with Crippen LogP contribution >= 0.6 is 0 Å². The largest absolute Gasteiger partial charge is 0.279 e. The number of sulfonamides is 1. The van der Waals surface area contributed by atoms with Crippen molar-refractivity contribution in [2.45, 2.75) is 44.9 Å². The molecule has 0 saturated carbocycles. The van der Waals surface area contributed by atoms with Gasteiger partial charge in [-0.2, -0.15) is 0 Å². The Balaban J connectivity index is 2.39. The van der Waals surface area contributed by atoms with Gasteiger partial charge >= 0.3 is 0 Å². The van der Waals surface area contributed by atoms with Crippen LogP contribution in [0, 0.1) is 13.8 Å². The summed E-state index contributed by atoms with van der Waals surface area (Å²) >= 11 is 0. The van der Waals surface area contributed by atoms with Gasteiger partial charge in [-0.25, -0.2) is 8.42 Å². The molecule has 0 amide bonds. The Morgan fingerprint density at radius 2 is 1.73 bits per heavy atom. The normalized spacial score (nSPS) is 12.9. The van der Waals surface area contributed by atoms with Crippen molar-refractivity contribution >= 4 is 15.7 Å². The Morgan fingerprint density at radius 3 is 2.36 bits per heavy atom. The molecule has 0 bridgehead atoms. The lowest BCUT2D eigenvalue weighted by atomic mass is 9.97. The van der Waals surface area contributed by atoms with Crippen LogP contribution in [0.15, 0.2) is 47.4 Å². The van der Waals surface area contributed by atoms with Crippen LogP contribution in [0.2, 0.25) is 0 Å². The van der Waals surface area contributed by atoms with Gasteiger partial charge in [-0.15, -0.1) is 0 Å². The van der Waals surface area contributed by atoms with E-state index in [4.69, 9.17) is 0 Å². The summed E-state index contributed by atoms with van der Waals surface area (Å²) in [5, 5.41) is 0. The predicted octanol–water partition coefficient (Wildman–Crippen LogP) is 4.62. The summed E-state index contributed by atoms with van der Waals surface area (Å²) in [6, 6.07) is 12.8. The molecule has 0 aromatic heterocycles. The van der Waals surface area contributed by atoms with Crippen molar-refractivity contribution in [3.05, 3.63) is 59.2 Å². The molecule has 3 nitrogen and oxygen atoms in total. The SMILES string of the molecule is CC[C@@H](C)c1ccccc1NS(=O)(=O)c1ccc(C)c(C)c1. The average Bonchev–Trinajstić information content (AvgIpc) is 2.49. The van der Waals surface area contributed by atoms with E-state index in [9.17, 15) is 8.42 Å². The maximum absolute atomic E-state index is 12.6. The van der Waals surface area contributed by atoms with Crippen LogP contribution in [0.1, 0.15) is 42.9 Å². The number of anilines is 1. The van der Waals surface area contributed by atoms with E-state index >= 15 is 0 Å². The third kappa shape index (κ3) is 3.50. The van der Waals surface area contributed by atoms with Crippen LogP contribution in [-0.4, -0.2) is 8.42 Å². The van der Waals surface area contributed by atoms with E-state index in [0.717, 1.165) is 23.1 Å². The van der Waals surface area contributed by atoms with Gasteiger partial charge in [0.1, 0.15) is 0 Å². The lowest BCUT2D eigenvalue weighted by Gasteiger charge is -2.17. The molecule has 0 saturated heterocycles. The highest BCUT2D eigenvalue weighted by Gasteiger charge is 2.17. The van der Waals surface area contributed by atoms with E-state index in [-0.39, 0.29) is 0 Å². The average molecular weight is 317 g/mol. The van der Waals surface area contributed by atoms with E-state index in [0.29, 0.717) is 16.5 Å². The van der Waals surface area contributed by atoms with Crippen LogP contribution in [0.25, 0.3) is 0 Å². The lowest BCUT2D eigenvalue weighted by molar-refractivity contribution is 0.601. The second-order valence-electron chi connectivity index (χ2n) is 5.75. The van der Waals surface area contributed by atoms with Gasteiger partial charge < -0.3 is 0 Å². The number of rotatable bonds is 5. The Hall–Kier alpha value is -1.81. The number of benzene rings is 2. The number of nitrogens with one attached hydrogen (secondary N) is 1. The van der Waals surface area contributed by atoms with Crippen LogP contribution in [0.5, 0.6) is 0 Å². The minimum atomic E-state index is -3.57.